The minimum Gasteiger partial charge on any atom is -0.356 e. The van der Waals surface area contributed by atoms with Crippen LogP contribution >= 0.6 is 22.7 Å². The summed E-state index contributed by atoms with van der Waals surface area (Å²) in [6.07, 6.45) is 7.45. The Morgan fingerprint density at radius 3 is 2.72 bits per heavy atom. The number of thiazole rings is 1. The number of hydrogen-bond acceptors (Lipinski definition) is 6. The Hall–Kier alpha value is -2.58. The van der Waals surface area contributed by atoms with E-state index in [-0.39, 0.29) is 11.8 Å². The zero-order valence-corrected chi connectivity index (χ0v) is 17.7. The van der Waals surface area contributed by atoms with E-state index in [4.69, 9.17) is 0 Å². The maximum atomic E-state index is 11.9. The fourth-order valence-corrected chi connectivity index (χ4v) is 4.22. The number of hydrogen-bond donors (Lipinski definition) is 2. The van der Waals surface area contributed by atoms with Gasteiger partial charge in [-0.1, -0.05) is 0 Å². The van der Waals surface area contributed by atoms with Crippen molar-refractivity contribution in [3.8, 4) is 11.3 Å². The molecule has 3 aromatic rings. The lowest BCUT2D eigenvalue weighted by molar-refractivity contribution is -0.121. The highest BCUT2D eigenvalue weighted by atomic mass is 32.1. The Labute approximate surface area is 178 Å². The van der Waals surface area contributed by atoms with Crippen molar-refractivity contribution in [2.24, 2.45) is 0 Å². The number of nitrogens with one attached hydrogen (secondary N) is 2. The third-order valence-electron chi connectivity index (χ3n) is 4.30. The molecule has 8 heteroatoms. The highest BCUT2D eigenvalue weighted by Gasteiger charge is 2.07. The number of aryl methyl sites for hydroxylation is 1. The van der Waals surface area contributed by atoms with E-state index in [9.17, 15) is 9.59 Å². The average molecular weight is 429 g/mol. The summed E-state index contributed by atoms with van der Waals surface area (Å²) in [7, 11) is 0. The molecule has 3 heterocycles. The highest BCUT2D eigenvalue weighted by molar-refractivity contribution is 7.10. The number of carbonyl (C=O) groups excluding carboxylic acids is 2. The van der Waals surface area contributed by atoms with Crippen LogP contribution in [0, 0.1) is 0 Å². The summed E-state index contributed by atoms with van der Waals surface area (Å²) < 4.78 is 0. The van der Waals surface area contributed by atoms with Crippen molar-refractivity contribution < 1.29 is 9.59 Å². The van der Waals surface area contributed by atoms with Crippen LogP contribution in [0.25, 0.3) is 11.3 Å². The second-order valence-corrected chi connectivity index (χ2v) is 8.27. The van der Waals surface area contributed by atoms with Crippen LogP contribution in [0.5, 0.6) is 0 Å². The van der Waals surface area contributed by atoms with Gasteiger partial charge in [-0.05, 0) is 49.3 Å². The monoisotopic (exact) mass is 428 g/mol. The molecule has 6 nitrogen and oxygen atoms in total. The van der Waals surface area contributed by atoms with Crippen LogP contribution < -0.4 is 10.6 Å². The van der Waals surface area contributed by atoms with Gasteiger partial charge in [0.15, 0.2) is 0 Å². The summed E-state index contributed by atoms with van der Waals surface area (Å²) in [5.74, 6) is -0.0524. The van der Waals surface area contributed by atoms with Gasteiger partial charge in [0.05, 0.1) is 10.7 Å². The van der Waals surface area contributed by atoms with E-state index in [0.29, 0.717) is 31.5 Å². The summed E-state index contributed by atoms with van der Waals surface area (Å²) in [6.45, 7) is 1.17. The molecule has 0 spiro atoms. The van der Waals surface area contributed by atoms with Crippen LogP contribution in [0.1, 0.15) is 41.0 Å². The maximum absolute atomic E-state index is 11.9. The Balaban J connectivity index is 1.23. The molecule has 3 rings (SSSR count). The second kappa shape index (κ2) is 11.4. The lowest BCUT2D eigenvalue weighted by atomic mass is 10.2. The van der Waals surface area contributed by atoms with Crippen molar-refractivity contribution >= 4 is 34.5 Å². The van der Waals surface area contributed by atoms with Crippen LogP contribution in [0.3, 0.4) is 0 Å². The van der Waals surface area contributed by atoms with Crippen LogP contribution in [0.2, 0.25) is 0 Å². The van der Waals surface area contributed by atoms with Crippen LogP contribution in [0.4, 0.5) is 0 Å². The third-order valence-corrected chi connectivity index (χ3v) is 5.89. The molecule has 0 radical (unpaired) electrons. The molecule has 0 atom stereocenters. The SMILES string of the molecule is O=C(CCCNC(=O)c1ccsc1)NCCCCc1nc(-c2cccnc2)cs1. The molecule has 3 aromatic heterocycles. The number of pyridine rings is 1. The molecule has 0 fully saturated rings. The molecule has 2 N–H and O–H groups in total. The fourth-order valence-electron chi connectivity index (χ4n) is 2.74. The number of unbranched alkanes of at least 4 members (excludes halogenated alkanes) is 1. The molecular weight excluding hydrogens is 404 g/mol. The molecule has 0 aliphatic heterocycles. The summed E-state index contributed by atoms with van der Waals surface area (Å²) >= 11 is 3.16. The van der Waals surface area contributed by atoms with Crippen molar-refractivity contribution in [1.82, 2.24) is 20.6 Å². The molecule has 0 aliphatic carbocycles. The highest BCUT2D eigenvalue weighted by Crippen LogP contribution is 2.21. The Morgan fingerprint density at radius 2 is 1.93 bits per heavy atom. The van der Waals surface area contributed by atoms with Gasteiger partial charge in [0, 0.05) is 53.8 Å². The fraction of sp³-hybridized carbons (Fsp3) is 0.333. The van der Waals surface area contributed by atoms with E-state index < -0.39 is 0 Å². The molecular formula is C21H24N4O2S2. The van der Waals surface area contributed by atoms with Crippen LogP contribution in [-0.4, -0.2) is 34.9 Å². The molecule has 152 valence electrons. The Bertz CT molecular complexity index is 895. The lowest BCUT2D eigenvalue weighted by Crippen LogP contribution is -2.27. The number of nitrogens with zero attached hydrogens (tertiary/aromatic N) is 2. The summed E-state index contributed by atoms with van der Waals surface area (Å²) in [5, 5.41) is 12.6. The van der Waals surface area contributed by atoms with Crippen molar-refractivity contribution in [3.05, 3.63) is 57.3 Å². The second-order valence-electron chi connectivity index (χ2n) is 6.55. The summed E-state index contributed by atoms with van der Waals surface area (Å²) in [6, 6.07) is 5.71. The minimum atomic E-state index is -0.0828. The van der Waals surface area contributed by atoms with Gasteiger partial charge in [0.25, 0.3) is 5.91 Å². The van der Waals surface area contributed by atoms with Crippen molar-refractivity contribution in [3.63, 3.8) is 0 Å². The van der Waals surface area contributed by atoms with Crippen LogP contribution in [0.15, 0.2) is 46.7 Å². The van der Waals surface area contributed by atoms with Gasteiger partial charge in [-0.15, -0.1) is 11.3 Å². The average Bonchev–Trinajstić information content (AvgIpc) is 3.44. The van der Waals surface area contributed by atoms with E-state index in [0.717, 1.165) is 35.5 Å². The van der Waals surface area contributed by atoms with Gasteiger partial charge in [0.1, 0.15) is 0 Å². The maximum Gasteiger partial charge on any atom is 0.252 e. The zero-order valence-electron chi connectivity index (χ0n) is 16.1. The van der Waals surface area contributed by atoms with E-state index in [1.54, 1.807) is 23.6 Å². The molecule has 29 heavy (non-hydrogen) atoms. The number of aromatic nitrogens is 2. The number of thiophene rings is 1. The van der Waals surface area contributed by atoms with Crippen molar-refractivity contribution in [1.29, 1.82) is 0 Å². The smallest absolute Gasteiger partial charge is 0.252 e. The molecule has 0 unspecified atom stereocenters. The van der Waals surface area contributed by atoms with Gasteiger partial charge < -0.3 is 10.6 Å². The van der Waals surface area contributed by atoms with Gasteiger partial charge >= 0.3 is 0 Å². The number of rotatable bonds is 11. The lowest BCUT2D eigenvalue weighted by Gasteiger charge is -2.06. The Kier molecular flexibility index (Phi) is 8.33. The first-order chi connectivity index (χ1) is 14.2. The molecule has 0 aliphatic rings. The summed E-state index contributed by atoms with van der Waals surface area (Å²) in [4.78, 5) is 32.4. The first-order valence-electron chi connectivity index (χ1n) is 9.64. The normalized spacial score (nSPS) is 10.6. The molecule has 2 amide bonds. The van der Waals surface area contributed by atoms with Gasteiger partial charge in [-0.3, -0.25) is 14.6 Å². The van der Waals surface area contributed by atoms with Crippen LogP contribution in [-0.2, 0) is 11.2 Å². The molecule has 0 bridgehead atoms. The van der Waals surface area contributed by atoms with E-state index >= 15 is 0 Å². The van der Waals surface area contributed by atoms with Gasteiger partial charge in [-0.25, -0.2) is 4.98 Å². The van der Waals surface area contributed by atoms with Crippen molar-refractivity contribution in [2.75, 3.05) is 13.1 Å². The quantitative estimate of drug-likeness (QED) is 0.454. The van der Waals surface area contributed by atoms with Gasteiger partial charge in [-0.2, -0.15) is 11.3 Å². The molecule has 0 saturated heterocycles. The Morgan fingerprint density at radius 1 is 1.03 bits per heavy atom. The number of carbonyl (C=O) groups is 2. The first kappa shape index (κ1) is 21.1. The van der Waals surface area contributed by atoms with E-state index in [2.05, 4.69) is 26.0 Å². The number of amides is 2. The van der Waals surface area contributed by atoms with E-state index in [1.165, 1.54) is 11.3 Å². The summed E-state index contributed by atoms with van der Waals surface area (Å²) in [5.41, 5.74) is 2.68. The van der Waals surface area contributed by atoms with Crippen molar-refractivity contribution in [2.45, 2.75) is 32.1 Å². The molecule has 0 aromatic carbocycles. The standard InChI is InChI=1S/C21H24N4O2S2/c26-19(6-4-11-24-21(27)17-8-12-28-14-17)23-10-2-1-7-20-25-18(15-29-20)16-5-3-9-22-13-16/h3,5,8-9,12-15H,1-2,4,6-7,10-11H2,(H,23,26)(H,24,27). The topological polar surface area (TPSA) is 84.0 Å². The van der Waals surface area contributed by atoms with E-state index in [1.807, 2.05) is 29.1 Å². The first-order valence-corrected chi connectivity index (χ1v) is 11.5. The minimum absolute atomic E-state index is 0.0305. The third kappa shape index (κ3) is 7.07. The molecule has 0 saturated carbocycles. The predicted octanol–water partition coefficient (Wildman–Crippen LogP) is 3.92. The zero-order chi connectivity index (χ0) is 20.3. The largest absolute Gasteiger partial charge is 0.356 e. The predicted molar refractivity (Wildman–Crippen MR) is 117 cm³/mol. The van der Waals surface area contributed by atoms with Gasteiger partial charge in [0.2, 0.25) is 5.91 Å².